The van der Waals surface area contributed by atoms with Crippen LogP contribution in [0.5, 0.6) is 0 Å². The summed E-state index contributed by atoms with van der Waals surface area (Å²) in [6, 6.07) is 29.2. The van der Waals surface area contributed by atoms with Gasteiger partial charge in [-0.05, 0) is 63.9 Å². The maximum Gasteiger partial charge on any atom is 0.407 e. The number of aliphatic carboxylic acids is 1. The Labute approximate surface area is 216 Å². The van der Waals surface area contributed by atoms with Gasteiger partial charge in [-0.25, -0.2) is 9.59 Å². The number of aryl methyl sites for hydroxylation is 2. The minimum Gasteiger partial charge on any atom is -0.480 e. The van der Waals surface area contributed by atoms with Crippen molar-refractivity contribution in [1.82, 2.24) is 5.32 Å². The van der Waals surface area contributed by atoms with E-state index in [1.807, 2.05) is 73.7 Å². The van der Waals surface area contributed by atoms with Crippen molar-refractivity contribution in [2.45, 2.75) is 32.2 Å². The second-order valence-corrected chi connectivity index (χ2v) is 9.53. The van der Waals surface area contributed by atoms with Crippen LogP contribution in [0.4, 0.5) is 4.79 Å². The number of carboxylic acid groups (broad SMARTS) is 1. The van der Waals surface area contributed by atoms with Crippen LogP contribution in [0.3, 0.4) is 0 Å². The summed E-state index contributed by atoms with van der Waals surface area (Å²) < 4.78 is 5.56. The highest BCUT2D eigenvalue weighted by Gasteiger charge is 2.29. The summed E-state index contributed by atoms with van der Waals surface area (Å²) in [4.78, 5) is 24.7. The predicted molar refractivity (Wildman–Crippen MR) is 145 cm³/mol. The number of rotatable bonds is 7. The van der Waals surface area contributed by atoms with E-state index in [9.17, 15) is 14.7 Å². The van der Waals surface area contributed by atoms with Crippen LogP contribution in [0.25, 0.3) is 22.3 Å². The molecule has 0 aliphatic heterocycles. The molecule has 1 aliphatic rings. The Kier molecular flexibility index (Phi) is 6.78. The highest BCUT2D eigenvalue weighted by molar-refractivity contribution is 5.81. The van der Waals surface area contributed by atoms with E-state index in [4.69, 9.17) is 4.74 Å². The second-order valence-electron chi connectivity index (χ2n) is 9.53. The fourth-order valence-corrected chi connectivity index (χ4v) is 5.25. The summed E-state index contributed by atoms with van der Waals surface area (Å²) in [5.74, 6) is -1.19. The summed E-state index contributed by atoms with van der Waals surface area (Å²) in [7, 11) is 0. The van der Waals surface area contributed by atoms with Gasteiger partial charge in [0.2, 0.25) is 0 Å². The number of hydrogen-bond acceptors (Lipinski definition) is 3. The zero-order valence-corrected chi connectivity index (χ0v) is 20.9. The Bertz CT molecular complexity index is 1430. The molecule has 0 spiro atoms. The van der Waals surface area contributed by atoms with Gasteiger partial charge < -0.3 is 15.2 Å². The molecule has 5 nitrogen and oxygen atoms in total. The van der Waals surface area contributed by atoms with E-state index in [-0.39, 0.29) is 18.9 Å². The van der Waals surface area contributed by atoms with E-state index in [1.54, 1.807) is 0 Å². The number of carboxylic acids is 1. The first-order valence-electron chi connectivity index (χ1n) is 12.4. The maximum atomic E-state index is 12.7. The minimum absolute atomic E-state index is 0.0851. The van der Waals surface area contributed by atoms with Crippen LogP contribution < -0.4 is 5.32 Å². The van der Waals surface area contributed by atoms with Crippen molar-refractivity contribution < 1.29 is 19.4 Å². The summed E-state index contributed by atoms with van der Waals surface area (Å²) >= 11 is 0. The molecule has 0 unspecified atom stereocenters. The Morgan fingerprint density at radius 1 is 0.784 bits per heavy atom. The van der Waals surface area contributed by atoms with Crippen molar-refractivity contribution in [3.8, 4) is 22.3 Å². The van der Waals surface area contributed by atoms with E-state index in [0.29, 0.717) is 0 Å². The van der Waals surface area contributed by atoms with Gasteiger partial charge in [-0.2, -0.15) is 0 Å². The molecule has 2 N–H and O–H groups in total. The van der Waals surface area contributed by atoms with E-state index in [2.05, 4.69) is 36.5 Å². The van der Waals surface area contributed by atoms with Crippen molar-refractivity contribution in [2.75, 3.05) is 6.61 Å². The maximum absolute atomic E-state index is 12.7. The van der Waals surface area contributed by atoms with Crippen molar-refractivity contribution in [1.29, 1.82) is 0 Å². The first kappa shape index (κ1) is 24.3. The number of amides is 1. The molecule has 0 fully saturated rings. The second kappa shape index (κ2) is 10.3. The zero-order chi connectivity index (χ0) is 25.9. The van der Waals surface area contributed by atoms with E-state index in [0.717, 1.165) is 44.5 Å². The van der Waals surface area contributed by atoms with Crippen molar-refractivity contribution in [2.24, 2.45) is 0 Å². The number of benzene rings is 4. The molecule has 186 valence electrons. The molecule has 0 saturated carbocycles. The summed E-state index contributed by atoms with van der Waals surface area (Å²) in [6.07, 6.45) is -0.573. The number of hydrogen-bond donors (Lipinski definition) is 2. The lowest BCUT2D eigenvalue weighted by atomic mass is 9.94. The monoisotopic (exact) mass is 491 g/mol. The van der Waals surface area contributed by atoms with Crippen LogP contribution in [0, 0.1) is 13.8 Å². The van der Waals surface area contributed by atoms with Crippen LogP contribution in [0.1, 0.15) is 33.7 Å². The molecule has 0 aromatic heterocycles. The molecule has 1 amide bonds. The van der Waals surface area contributed by atoms with Crippen LogP contribution in [0.15, 0.2) is 91.0 Å². The number of fused-ring (bicyclic) bond motifs is 3. The minimum atomic E-state index is -1.10. The number of alkyl carbamates (subject to hydrolysis) is 1. The van der Waals surface area contributed by atoms with Gasteiger partial charge in [-0.3, -0.25) is 0 Å². The van der Waals surface area contributed by atoms with Crippen molar-refractivity contribution >= 4 is 12.1 Å². The molecule has 1 atom stereocenters. The molecule has 5 heteroatoms. The number of carbonyl (C=O) groups excluding carboxylic acids is 1. The van der Waals surface area contributed by atoms with Gasteiger partial charge in [0.15, 0.2) is 0 Å². The molecule has 37 heavy (non-hydrogen) atoms. The Balaban J connectivity index is 1.26. The van der Waals surface area contributed by atoms with Crippen molar-refractivity contribution in [3.05, 3.63) is 119 Å². The third-order valence-corrected chi connectivity index (χ3v) is 7.10. The quantitative estimate of drug-likeness (QED) is 0.309. The van der Waals surface area contributed by atoms with Gasteiger partial charge in [0.1, 0.15) is 12.6 Å². The number of nitrogens with one attached hydrogen (secondary N) is 1. The lowest BCUT2D eigenvalue weighted by Gasteiger charge is -2.18. The predicted octanol–water partition coefficient (Wildman–Crippen LogP) is 6.50. The number of ether oxygens (including phenoxy) is 1. The normalized spacial score (nSPS) is 12.9. The Morgan fingerprint density at radius 3 is 1.95 bits per heavy atom. The highest BCUT2D eigenvalue weighted by Crippen LogP contribution is 2.44. The average Bonchev–Trinajstić information content (AvgIpc) is 3.21. The Hall–Kier alpha value is -4.38. The smallest absolute Gasteiger partial charge is 0.407 e. The van der Waals surface area contributed by atoms with Crippen molar-refractivity contribution in [3.63, 3.8) is 0 Å². The number of carbonyl (C=O) groups is 2. The zero-order valence-electron chi connectivity index (χ0n) is 20.9. The molecule has 1 aliphatic carbocycles. The van der Waals surface area contributed by atoms with E-state index >= 15 is 0 Å². The summed E-state index contributed by atoms with van der Waals surface area (Å²) in [5, 5.41) is 12.3. The largest absolute Gasteiger partial charge is 0.480 e. The average molecular weight is 492 g/mol. The molecule has 0 heterocycles. The highest BCUT2D eigenvalue weighted by atomic mass is 16.5. The third-order valence-electron chi connectivity index (χ3n) is 7.10. The van der Waals surface area contributed by atoms with Gasteiger partial charge >= 0.3 is 12.1 Å². The molecular weight excluding hydrogens is 462 g/mol. The first-order chi connectivity index (χ1) is 17.9. The van der Waals surface area contributed by atoms with Gasteiger partial charge in [0.05, 0.1) is 0 Å². The lowest BCUT2D eigenvalue weighted by Crippen LogP contribution is -2.42. The summed E-state index contributed by atoms with van der Waals surface area (Å²) in [6.45, 7) is 4.22. The third kappa shape index (κ3) is 4.98. The fraction of sp³-hybridized carbons (Fsp3) is 0.188. The van der Waals surface area contributed by atoms with Gasteiger partial charge in [0.25, 0.3) is 0 Å². The molecule has 5 rings (SSSR count). The standard InChI is InChI=1S/C32H29NO4/c1-20-9-3-4-10-23(20)24-16-15-22(17-21(24)2)18-30(31(34)35)33-32(36)37-19-29-27-13-7-5-11-25(27)26-12-6-8-14-28(26)29/h3-17,29-30H,18-19H2,1-2H3,(H,33,36)(H,34,35)/t30-/m0/s1. The van der Waals surface area contributed by atoms with Gasteiger partial charge in [-0.15, -0.1) is 0 Å². The fourth-order valence-electron chi connectivity index (χ4n) is 5.25. The molecular formula is C32H29NO4. The lowest BCUT2D eigenvalue weighted by molar-refractivity contribution is -0.139. The Morgan fingerprint density at radius 2 is 1.35 bits per heavy atom. The van der Waals surface area contributed by atoms with E-state index < -0.39 is 18.1 Å². The van der Waals surface area contributed by atoms with Gasteiger partial charge in [-0.1, -0.05) is 91.0 Å². The van der Waals surface area contributed by atoms with Crippen LogP contribution in [-0.2, 0) is 16.0 Å². The SMILES string of the molecule is Cc1ccccc1-c1ccc(C[C@H](NC(=O)OCC2c3ccccc3-c3ccccc32)C(=O)O)cc1C. The van der Waals surface area contributed by atoms with Crippen LogP contribution in [0.2, 0.25) is 0 Å². The molecule has 4 aromatic carbocycles. The molecule has 0 saturated heterocycles. The first-order valence-corrected chi connectivity index (χ1v) is 12.4. The van der Waals surface area contributed by atoms with Crippen LogP contribution in [-0.4, -0.2) is 29.8 Å². The van der Waals surface area contributed by atoms with Crippen LogP contribution >= 0.6 is 0 Å². The molecule has 0 radical (unpaired) electrons. The topological polar surface area (TPSA) is 75.6 Å². The molecule has 0 bridgehead atoms. The molecule has 4 aromatic rings. The summed E-state index contributed by atoms with van der Waals surface area (Å²) in [5.41, 5.74) is 9.82. The van der Waals surface area contributed by atoms with E-state index in [1.165, 1.54) is 5.56 Å². The van der Waals surface area contributed by atoms with Gasteiger partial charge in [0, 0.05) is 12.3 Å².